The van der Waals surface area contributed by atoms with Gasteiger partial charge in [0.2, 0.25) is 0 Å². The van der Waals surface area contributed by atoms with Crippen molar-refractivity contribution < 1.29 is 9.47 Å². The molecule has 2 aromatic rings. The third kappa shape index (κ3) is 3.98. The second-order valence-corrected chi connectivity index (χ2v) is 6.20. The molecule has 0 unspecified atom stereocenters. The monoisotopic (exact) mass is 315 g/mol. The van der Waals surface area contributed by atoms with Crippen molar-refractivity contribution in [1.82, 2.24) is 0 Å². The third-order valence-corrected chi connectivity index (χ3v) is 4.52. The lowest BCUT2D eigenvalue weighted by atomic mass is 9.94. The fourth-order valence-corrected chi connectivity index (χ4v) is 2.95. The third-order valence-electron chi connectivity index (χ3n) is 3.91. The number of benzene rings is 2. The molecule has 0 N–H and O–H groups in total. The lowest BCUT2D eigenvalue weighted by molar-refractivity contribution is 0.409. The van der Waals surface area contributed by atoms with E-state index in [1.54, 1.807) is 14.2 Å². The van der Waals surface area contributed by atoms with Gasteiger partial charge in [0, 0.05) is 18.1 Å². The highest BCUT2D eigenvalue weighted by molar-refractivity contribution is 7.98. The fourth-order valence-electron chi connectivity index (χ4n) is 2.53. The quantitative estimate of drug-likeness (QED) is 0.758. The SMILES string of the molecule is COc1ccc(Cc2c(OC)[c]cc(CCSC)c2C)cc1. The molecule has 0 saturated carbocycles. The summed E-state index contributed by atoms with van der Waals surface area (Å²) in [7, 11) is 3.40. The molecule has 1 radical (unpaired) electrons. The second kappa shape index (κ2) is 8.14. The van der Waals surface area contributed by atoms with E-state index in [1.165, 1.54) is 22.3 Å². The van der Waals surface area contributed by atoms with Crippen LogP contribution in [-0.2, 0) is 12.8 Å². The molecule has 3 heteroatoms. The van der Waals surface area contributed by atoms with E-state index in [0.717, 1.165) is 30.1 Å². The largest absolute Gasteiger partial charge is 0.497 e. The van der Waals surface area contributed by atoms with Gasteiger partial charge in [-0.05, 0) is 60.2 Å². The average molecular weight is 315 g/mol. The summed E-state index contributed by atoms with van der Waals surface area (Å²) in [6, 6.07) is 13.6. The van der Waals surface area contributed by atoms with Gasteiger partial charge in [-0.2, -0.15) is 11.8 Å². The van der Waals surface area contributed by atoms with Crippen molar-refractivity contribution >= 4 is 11.8 Å². The van der Waals surface area contributed by atoms with Crippen LogP contribution in [0.3, 0.4) is 0 Å². The van der Waals surface area contributed by atoms with Crippen LogP contribution in [0.2, 0.25) is 0 Å². The smallest absolute Gasteiger partial charge is 0.130 e. The van der Waals surface area contributed by atoms with E-state index in [1.807, 2.05) is 23.9 Å². The van der Waals surface area contributed by atoms with Crippen LogP contribution in [0, 0.1) is 13.0 Å². The highest BCUT2D eigenvalue weighted by Gasteiger charge is 2.12. The topological polar surface area (TPSA) is 18.5 Å². The van der Waals surface area contributed by atoms with Crippen LogP contribution in [0.15, 0.2) is 30.3 Å². The van der Waals surface area contributed by atoms with Crippen molar-refractivity contribution in [1.29, 1.82) is 0 Å². The van der Waals surface area contributed by atoms with Gasteiger partial charge < -0.3 is 9.47 Å². The maximum Gasteiger partial charge on any atom is 0.130 e. The highest BCUT2D eigenvalue weighted by atomic mass is 32.2. The minimum absolute atomic E-state index is 0.848. The van der Waals surface area contributed by atoms with Crippen LogP contribution in [0.1, 0.15) is 22.3 Å². The van der Waals surface area contributed by atoms with Crippen LogP contribution < -0.4 is 9.47 Å². The van der Waals surface area contributed by atoms with Gasteiger partial charge in [-0.1, -0.05) is 12.1 Å². The fraction of sp³-hybridized carbons (Fsp3) is 0.368. The summed E-state index contributed by atoms with van der Waals surface area (Å²) < 4.78 is 10.7. The molecule has 0 spiro atoms. The molecule has 0 fully saturated rings. The van der Waals surface area contributed by atoms with Crippen molar-refractivity contribution in [3.8, 4) is 11.5 Å². The molecule has 0 heterocycles. The maximum absolute atomic E-state index is 5.52. The predicted molar refractivity (Wildman–Crippen MR) is 94.5 cm³/mol. The van der Waals surface area contributed by atoms with Gasteiger partial charge in [0.25, 0.3) is 0 Å². The molecule has 22 heavy (non-hydrogen) atoms. The molecule has 2 aromatic carbocycles. The van der Waals surface area contributed by atoms with E-state index in [0.29, 0.717) is 0 Å². The molecule has 2 rings (SSSR count). The summed E-state index contributed by atoms with van der Waals surface area (Å²) in [5.74, 6) is 2.86. The number of hydrogen-bond donors (Lipinski definition) is 0. The van der Waals surface area contributed by atoms with Gasteiger partial charge >= 0.3 is 0 Å². The zero-order valence-electron chi connectivity index (χ0n) is 13.7. The first-order valence-corrected chi connectivity index (χ1v) is 8.77. The average Bonchev–Trinajstić information content (AvgIpc) is 2.56. The van der Waals surface area contributed by atoms with Gasteiger partial charge in [0.1, 0.15) is 11.5 Å². The zero-order valence-corrected chi connectivity index (χ0v) is 14.5. The van der Waals surface area contributed by atoms with Crippen LogP contribution in [0.5, 0.6) is 11.5 Å². The summed E-state index contributed by atoms with van der Waals surface area (Å²) in [4.78, 5) is 0. The normalized spacial score (nSPS) is 10.5. The number of methoxy groups -OCH3 is 2. The molecule has 0 saturated heterocycles. The molecular formula is C19H23O2S. The van der Waals surface area contributed by atoms with Crippen LogP contribution >= 0.6 is 11.8 Å². The van der Waals surface area contributed by atoms with E-state index in [2.05, 4.69) is 37.4 Å². The Balaban J connectivity index is 2.30. The minimum atomic E-state index is 0.848. The molecular weight excluding hydrogens is 292 g/mol. The molecule has 0 bridgehead atoms. The van der Waals surface area contributed by atoms with Gasteiger partial charge in [-0.3, -0.25) is 0 Å². The van der Waals surface area contributed by atoms with Gasteiger partial charge in [0.15, 0.2) is 0 Å². The summed E-state index contributed by atoms with van der Waals surface area (Å²) in [6.45, 7) is 2.19. The van der Waals surface area contributed by atoms with E-state index < -0.39 is 0 Å². The van der Waals surface area contributed by atoms with Crippen LogP contribution in [0.25, 0.3) is 0 Å². The summed E-state index contributed by atoms with van der Waals surface area (Å²) in [6.07, 6.45) is 4.06. The molecule has 117 valence electrons. The Hall–Kier alpha value is -1.61. The van der Waals surface area contributed by atoms with E-state index >= 15 is 0 Å². The van der Waals surface area contributed by atoms with Crippen molar-refractivity contribution in [2.45, 2.75) is 19.8 Å². The Kier molecular flexibility index (Phi) is 6.20. The molecule has 2 nitrogen and oxygen atoms in total. The first-order chi connectivity index (χ1) is 10.7. The summed E-state index contributed by atoms with van der Waals surface area (Å²) in [5, 5.41) is 0. The molecule has 0 aliphatic carbocycles. The number of rotatable bonds is 7. The predicted octanol–water partition coefficient (Wildman–Crippen LogP) is 4.31. The minimum Gasteiger partial charge on any atom is -0.497 e. The lowest BCUT2D eigenvalue weighted by Gasteiger charge is -2.15. The Bertz CT molecular complexity index is 606. The Labute approximate surface area is 137 Å². The van der Waals surface area contributed by atoms with E-state index in [-0.39, 0.29) is 0 Å². The molecule has 0 aliphatic rings. The van der Waals surface area contributed by atoms with Crippen molar-refractivity contribution in [2.75, 3.05) is 26.2 Å². The van der Waals surface area contributed by atoms with E-state index in [4.69, 9.17) is 9.47 Å². The summed E-state index contributed by atoms with van der Waals surface area (Å²) >= 11 is 1.87. The Morgan fingerprint density at radius 1 is 1.09 bits per heavy atom. The molecule has 0 aromatic heterocycles. The van der Waals surface area contributed by atoms with Crippen molar-refractivity contribution in [2.24, 2.45) is 0 Å². The first-order valence-electron chi connectivity index (χ1n) is 7.38. The van der Waals surface area contributed by atoms with Crippen LogP contribution in [0.4, 0.5) is 0 Å². The van der Waals surface area contributed by atoms with Crippen molar-refractivity contribution in [3.05, 3.63) is 58.7 Å². The van der Waals surface area contributed by atoms with Gasteiger partial charge in [-0.25, -0.2) is 0 Å². The highest BCUT2D eigenvalue weighted by Crippen LogP contribution is 2.28. The second-order valence-electron chi connectivity index (χ2n) is 5.22. The van der Waals surface area contributed by atoms with Crippen LogP contribution in [-0.4, -0.2) is 26.2 Å². The Morgan fingerprint density at radius 2 is 1.82 bits per heavy atom. The standard InChI is InChI=1S/C19H23O2S/c1-14-16(11-12-22-4)7-10-19(21-3)18(14)13-15-5-8-17(20-2)9-6-15/h5-9H,11-13H2,1-4H3. The number of aryl methyl sites for hydroxylation is 1. The Morgan fingerprint density at radius 3 is 2.41 bits per heavy atom. The first kappa shape index (κ1) is 16.8. The number of thioether (sulfide) groups is 1. The van der Waals surface area contributed by atoms with E-state index in [9.17, 15) is 0 Å². The molecule has 0 amide bonds. The lowest BCUT2D eigenvalue weighted by Crippen LogP contribution is -2.02. The number of hydrogen-bond acceptors (Lipinski definition) is 3. The number of ether oxygens (including phenoxy) is 2. The van der Waals surface area contributed by atoms with Gasteiger partial charge in [-0.15, -0.1) is 0 Å². The summed E-state index contributed by atoms with van der Waals surface area (Å²) in [5.41, 5.74) is 5.16. The molecule has 0 aliphatic heterocycles. The zero-order chi connectivity index (χ0) is 15.9. The molecule has 0 atom stereocenters. The maximum atomic E-state index is 5.52. The van der Waals surface area contributed by atoms with Crippen molar-refractivity contribution in [3.63, 3.8) is 0 Å². The van der Waals surface area contributed by atoms with Gasteiger partial charge in [0.05, 0.1) is 14.2 Å².